The fourth-order valence-corrected chi connectivity index (χ4v) is 1.98. The van der Waals surface area contributed by atoms with Crippen LogP contribution in [0.5, 0.6) is 0 Å². The quantitative estimate of drug-likeness (QED) is 0.651. The smallest absolute Gasteiger partial charge is 0.310 e. The van der Waals surface area contributed by atoms with E-state index >= 15 is 0 Å². The molecule has 1 unspecified atom stereocenters. The first-order valence-corrected chi connectivity index (χ1v) is 6.51. The summed E-state index contributed by atoms with van der Waals surface area (Å²) in [5.74, 6) is -0.267. The van der Waals surface area contributed by atoms with Gasteiger partial charge in [-0.2, -0.15) is 0 Å². The summed E-state index contributed by atoms with van der Waals surface area (Å²) >= 11 is 0. The maximum atomic E-state index is 11.9. The zero-order valence-corrected chi connectivity index (χ0v) is 11.2. The molecule has 0 spiro atoms. The third-order valence-electron chi connectivity index (χ3n) is 3.42. The Morgan fingerprint density at radius 3 is 2.12 bits per heavy atom. The number of carbonyl (C=O) groups excluding carboxylic acids is 1. The predicted octanol–water partition coefficient (Wildman–Crippen LogP) is 2.87. The van der Waals surface area contributed by atoms with Crippen LogP contribution in [0.1, 0.15) is 59.8 Å². The molecule has 3 heteroatoms. The molecule has 0 saturated carbocycles. The molecule has 0 bridgehead atoms. The SMILES string of the molecule is CCCC(CC)(CC)OC(=O)C(CC)CN. The average Bonchev–Trinajstić information content (AvgIpc) is 2.30. The number of hydrogen-bond donors (Lipinski definition) is 1. The van der Waals surface area contributed by atoms with E-state index in [9.17, 15) is 4.79 Å². The first kappa shape index (κ1) is 15.4. The van der Waals surface area contributed by atoms with E-state index < -0.39 is 0 Å². The van der Waals surface area contributed by atoms with E-state index in [4.69, 9.17) is 10.5 Å². The molecule has 0 saturated heterocycles. The van der Waals surface area contributed by atoms with Crippen LogP contribution in [0, 0.1) is 5.92 Å². The molecular formula is C13H27NO2. The molecular weight excluding hydrogens is 202 g/mol. The number of nitrogens with two attached hydrogens (primary N) is 1. The molecule has 0 fully saturated rings. The second kappa shape index (κ2) is 7.66. The zero-order chi connectivity index (χ0) is 12.6. The van der Waals surface area contributed by atoms with Gasteiger partial charge >= 0.3 is 5.97 Å². The number of hydrogen-bond acceptors (Lipinski definition) is 3. The van der Waals surface area contributed by atoms with Crippen molar-refractivity contribution in [3.05, 3.63) is 0 Å². The largest absolute Gasteiger partial charge is 0.459 e. The van der Waals surface area contributed by atoms with E-state index in [0.29, 0.717) is 6.54 Å². The Morgan fingerprint density at radius 2 is 1.81 bits per heavy atom. The summed E-state index contributed by atoms with van der Waals surface area (Å²) < 4.78 is 5.70. The van der Waals surface area contributed by atoms with E-state index in [1.165, 1.54) is 0 Å². The summed E-state index contributed by atoms with van der Waals surface area (Å²) in [5, 5.41) is 0. The van der Waals surface area contributed by atoms with Gasteiger partial charge in [0.2, 0.25) is 0 Å². The Morgan fingerprint density at radius 1 is 1.25 bits per heavy atom. The summed E-state index contributed by atoms with van der Waals surface area (Å²) in [6.45, 7) is 8.63. The highest BCUT2D eigenvalue weighted by Gasteiger charge is 2.31. The van der Waals surface area contributed by atoms with Crippen LogP contribution in [0.2, 0.25) is 0 Å². The molecule has 0 aliphatic carbocycles. The molecule has 0 rings (SSSR count). The van der Waals surface area contributed by atoms with E-state index in [0.717, 1.165) is 32.1 Å². The first-order chi connectivity index (χ1) is 7.59. The standard InChI is InChI=1S/C13H27NO2/c1-5-9-13(7-3,8-4)16-12(15)11(6-2)10-14/h11H,5-10,14H2,1-4H3. The normalized spacial score (nSPS) is 13.6. The lowest BCUT2D eigenvalue weighted by Gasteiger charge is -2.32. The highest BCUT2D eigenvalue weighted by molar-refractivity contribution is 5.73. The van der Waals surface area contributed by atoms with E-state index in [1.807, 2.05) is 6.92 Å². The van der Waals surface area contributed by atoms with Crippen LogP contribution in [0.4, 0.5) is 0 Å². The van der Waals surface area contributed by atoms with E-state index in [2.05, 4.69) is 20.8 Å². The van der Waals surface area contributed by atoms with Crippen molar-refractivity contribution >= 4 is 5.97 Å². The molecule has 0 aliphatic heterocycles. The maximum absolute atomic E-state index is 11.9. The molecule has 0 radical (unpaired) electrons. The lowest BCUT2D eigenvalue weighted by atomic mass is 9.91. The van der Waals surface area contributed by atoms with Gasteiger partial charge < -0.3 is 10.5 Å². The van der Waals surface area contributed by atoms with Crippen LogP contribution in [0.3, 0.4) is 0 Å². The van der Waals surface area contributed by atoms with Gasteiger partial charge in [0.15, 0.2) is 0 Å². The minimum absolute atomic E-state index is 0.123. The van der Waals surface area contributed by atoms with Crippen molar-refractivity contribution in [2.75, 3.05) is 6.54 Å². The minimum atomic E-state index is -0.269. The number of esters is 1. The summed E-state index contributed by atoms with van der Waals surface area (Å²) in [4.78, 5) is 11.9. The number of ether oxygens (including phenoxy) is 1. The first-order valence-electron chi connectivity index (χ1n) is 6.51. The Balaban J connectivity index is 4.55. The van der Waals surface area contributed by atoms with Crippen molar-refractivity contribution in [1.29, 1.82) is 0 Å². The van der Waals surface area contributed by atoms with Gasteiger partial charge in [0, 0.05) is 6.54 Å². The molecule has 2 N–H and O–H groups in total. The van der Waals surface area contributed by atoms with Crippen molar-refractivity contribution in [1.82, 2.24) is 0 Å². The fourth-order valence-electron chi connectivity index (χ4n) is 1.98. The van der Waals surface area contributed by atoms with Crippen molar-refractivity contribution in [3.8, 4) is 0 Å². The van der Waals surface area contributed by atoms with Gasteiger partial charge in [-0.25, -0.2) is 0 Å². The molecule has 0 aromatic rings. The van der Waals surface area contributed by atoms with Gasteiger partial charge in [0.05, 0.1) is 5.92 Å². The Kier molecular flexibility index (Phi) is 7.39. The highest BCUT2D eigenvalue weighted by atomic mass is 16.6. The van der Waals surface area contributed by atoms with Gasteiger partial charge in [0.25, 0.3) is 0 Å². The lowest BCUT2D eigenvalue weighted by molar-refractivity contribution is -0.166. The number of carbonyl (C=O) groups is 1. The highest BCUT2D eigenvalue weighted by Crippen LogP contribution is 2.27. The average molecular weight is 229 g/mol. The van der Waals surface area contributed by atoms with Gasteiger partial charge in [-0.15, -0.1) is 0 Å². The summed E-state index contributed by atoms with van der Waals surface area (Å²) in [6, 6.07) is 0. The molecule has 0 heterocycles. The van der Waals surface area contributed by atoms with Crippen molar-refractivity contribution in [2.45, 2.75) is 65.4 Å². The number of rotatable bonds is 8. The molecule has 0 aliphatic rings. The summed E-state index contributed by atoms with van der Waals surface area (Å²) in [6.07, 6.45) is 4.49. The van der Waals surface area contributed by atoms with Crippen LogP contribution in [-0.2, 0) is 9.53 Å². The monoisotopic (exact) mass is 229 g/mol. The van der Waals surface area contributed by atoms with Crippen LogP contribution in [0.25, 0.3) is 0 Å². The second-order valence-corrected chi connectivity index (χ2v) is 4.40. The van der Waals surface area contributed by atoms with Gasteiger partial charge in [0.1, 0.15) is 5.60 Å². The van der Waals surface area contributed by atoms with Crippen LogP contribution >= 0.6 is 0 Å². The Labute approximate surface area is 99.7 Å². The molecule has 1 atom stereocenters. The van der Waals surface area contributed by atoms with Crippen molar-refractivity contribution in [2.24, 2.45) is 11.7 Å². The van der Waals surface area contributed by atoms with Crippen LogP contribution in [-0.4, -0.2) is 18.1 Å². The van der Waals surface area contributed by atoms with E-state index in [-0.39, 0.29) is 17.5 Å². The maximum Gasteiger partial charge on any atom is 0.310 e. The Hall–Kier alpha value is -0.570. The van der Waals surface area contributed by atoms with Crippen molar-refractivity contribution in [3.63, 3.8) is 0 Å². The Bertz CT molecular complexity index is 196. The topological polar surface area (TPSA) is 52.3 Å². The molecule has 96 valence electrons. The molecule has 0 amide bonds. The van der Waals surface area contributed by atoms with Gasteiger partial charge in [-0.1, -0.05) is 34.1 Å². The van der Waals surface area contributed by atoms with Crippen LogP contribution in [0.15, 0.2) is 0 Å². The fraction of sp³-hybridized carbons (Fsp3) is 0.923. The predicted molar refractivity (Wildman–Crippen MR) is 67.1 cm³/mol. The molecule has 0 aromatic carbocycles. The summed E-state index contributed by atoms with van der Waals surface area (Å²) in [7, 11) is 0. The molecule has 16 heavy (non-hydrogen) atoms. The third kappa shape index (κ3) is 4.12. The molecule has 0 aromatic heterocycles. The van der Waals surface area contributed by atoms with E-state index in [1.54, 1.807) is 0 Å². The lowest BCUT2D eigenvalue weighted by Crippen LogP contribution is -2.37. The summed E-state index contributed by atoms with van der Waals surface area (Å²) in [5.41, 5.74) is 5.29. The minimum Gasteiger partial charge on any atom is -0.459 e. The third-order valence-corrected chi connectivity index (χ3v) is 3.42. The van der Waals surface area contributed by atoms with Gasteiger partial charge in [-0.3, -0.25) is 4.79 Å². The second-order valence-electron chi connectivity index (χ2n) is 4.40. The van der Waals surface area contributed by atoms with Crippen LogP contribution < -0.4 is 5.73 Å². The zero-order valence-electron chi connectivity index (χ0n) is 11.2. The molecule has 3 nitrogen and oxygen atoms in total. The van der Waals surface area contributed by atoms with Gasteiger partial charge in [-0.05, 0) is 25.7 Å². The van der Waals surface area contributed by atoms with Crippen molar-refractivity contribution < 1.29 is 9.53 Å².